The molecule has 2 aromatic carbocycles. The van der Waals surface area contributed by atoms with E-state index >= 15 is 0 Å². The zero-order valence-corrected chi connectivity index (χ0v) is 23.4. The average Bonchev–Trinajstić information content (AvgIpc) is 2.94. The third-order valence-corrected chi connectivity index (χ3v) is 6.92. The van der Waals surface area contributed by atoms with Gasteiger partial charge in [0, 0.05) is 24.7 Å². The first-order valence-corrected chi connectivity index (χ1v) is 12.9. The largest absolute Gasteiger partial charge is 0.507 e. The van der Waals surface area contributed by atoms with Crippen LogP contribution in [-0.4, -0.2) is 66.0 Å². The number of carbonyl (C=O) groups is 2. The van der Waals surface area contributed by atoms with Crippen LogP contribution in [0.15, 0.2) is 45.6 Å². The normalized spacial score (nSPS) is 21.3. The number of aliphatic hydroxyl groups is 1. The fourth-order valence-electron chi connectivity index (χ4n) is 4.90. The minimum Gasteiger partial charge on any atom is -0.507 e. The molecule has 1 amide bonds. The number of Topliss-reactive ketones (excluding diaryl/α,β-unsaturated/α-hetero) is 1. The van der Waals surface area contributed by atoms with Gasteiger partial charge in [0.05, 0.1) is 16.6 Å². The number of carbonyl (C=O) groups excluding carboxylic acids is 2. The Balaban J connectivity index is 1.62. The molecule has 1 aromatic heterocycles. The Morgan fingerprint density at radius 2 is 1.95 bits per heavy atom. The summed E-state index contributed by atoms with van der Waals surface area (Å²) in [4.78, 5) is 37.4. The molecule has 1 aliphatic rings. The van der Waals surface area contributed by atoms with Crippen molar-refractivity contribution in [3.8, 4) is 29.6 Å². The summed E-state index contributed by atoms with van der Waals surface area (Å²) in [5.74, 6) is 2.00. The van der Waals surface area contributed by atoms with Crippen LogP contribution < -0.4 is 20.8 Å². The van der Waals surface area contributed by atoms with Crippen LogP contribution in [0, 0.1) is 19.3 Å². The van der Waals surface area contributed by atoms with Crippen LogP contribution >= 0.6 is 0 Å². The van der Waals surface area contributed by atoms with Gasteiger partial charge in [-0.3, -0.25) is 4.79 Å². The maximum absolute atomic E-state index is 13.0. The highest BCUT2D eigenvalue weighted by atomic mass is 16.7. The van der Waals surface area contributed by atoms with Crippen molar-refractivity contribution in [2.75, 3.05) is 13.7 Å². The molecule has 0 radical (unpaired) electrons. The van der Waals surface area contributed by atoms with Crippen LogP contribution in [-0.2, 0) is 20.6 Å². The van der Waals surface area contributed by atoms with Crippen molar-refractivity contribution < 1.29 is 47.9 Å². The summed E-state index contributed by atoms with van der Waals surface area (Å²) in [7, 11) is 1.37. The molecule has 12 heteroatoms. The first-order chi connectivity index (χ1) is 19.9. The Hall–Kier alpha value is -4.57. The van der Waals surface area contributed by atoms with Crippen LogP contribution in [0.25, 0.3) is 11.0 Å². The van der Waals surface area contributed by atoms with Crippen molar-refractivity contribution in [3.63, 3.8) is 0 Å². The van der Waals surface area contributed by atoms with E-state index < -0.39 is 59.9 Å². The molecule has 4 N–H and O–H groups in total. The van der Waals surface area contributed by atoms with Gasteiger partial charge in [-0.25, -0.2) is 9.59 Å². The number of ketones is 1. The molecule has 222 valence electrons. The number of hydrogen-bond acceptors (Lipinski definition) is 11. The van der Waals surface area contributed by atoms with E-state index in [0.717, 1.165) is 0 Å². The van der Waals surface area contributed by atoms with Gasteiger partial charge in [0.1, 0.15) is 35.5 Å². The van der Waals surface area contributed by atoms with Crippen LogP contribution in [0.4, 0.5) is 4.79 Å². The lowest BCUT2D eigenvalue weighted by Gasteiger charge is -2.47. The van der Waals surface area contributed by atoms with E-state index in [1.165, 1.54) is 25.3 Å². The lowest BCUT2D eigenvalue weighted by molar-refractivity contribution is -0.304. The van der Waals surface area contributed by atoms with Gasteiger partial charge in [0.2, 0.25) is 6.29 Å². The number of aromatic hydroxyl groups is 1. The van der Waals surface area contributed by atoms with Crippen LogP contribution in [0.2, 0.25) is 0 Å². The predicted molar refractivity (Wildman–Crippen MR) is 149 cm³/mol. The van der Waals surface area contributed by atoms with Crippen molar-refractivity contribution in [2.45, 2.75) is 57.4 Å². The first-order valence-electron chi connectivity index (χ1n) is 12.9. The number of rotatable bonds is 9. The molecule has 12 nitrogen and oxygen atoms in total. The smallest absolute Gasteiger partial charge is 0.404 e. The number of nitrogens with two attached hydrogens (primary N) is 1. The van der Waals surface area contributed by atoms with Gasteiger partial charge >= 0.3 is 11.7 Å². The highest BCUT2D eigenvalue weighted by molar-refractivity contribution is 5.99. The second kappa shape index (κ2) is 12.1. The summed E-state index contributed by atoms with van der Waals surface area (Å²) in [5.41, 5.74) is 3.53. The van der Waals surface area contributed by atoms with Crippen molar-refractivity contribution in [3.05, 3.63) is 63.5 Å². The first kappa shape index (κ1) is 30.4. The monoisotopic (exact) mass is 581 g/mol. The zero-order chi connectivity index (χ0) is 30.8. The fraction of sp³-hybridized carbons (Fsp3) is 0.367. The number of aliphatic hydroxyl groups excluding tert-OH is 1. The molecular formula is C30H31NO11. The van der Waals surface area contributed by atoms with E-state index in [-0.39, 0.29) is 34.5 Å². The molecule has 4 rings (SSSR count). The van der Waals surface area contributed by atoms with Crippen molar-refractivity contribution in [1.82, 2.24) is 0 Å². The van der Waals surface area contributed by atoms with Gasteiger partial charge in [-0.15, -0.1) is 6.42 Å². The number of hydrogen-bond donors (Lipinski definition) is 3. The second-order valence-electron chi connectivity index (χ2n) is 10.2. The van der Waals surface area contributed by atoms with Crippen molar-refractivity contribution in [2.24, 2.45) is 5.73 Å². The molecule has 1 aliphatic heterocycles. The van der Waals surface area contributed by atoms with Gasteiger partial charge in [-0.05, 0) is 45.0 Å². The lowest BCUT2D eigenvalue weighted by atomic mass is 9.89. The van der Waals surface area contributed by atoms with E-state index in [4.69, 9.17) is 40.3 Å². The number of fused-ring (bicyclic) bond motifs is 1. The lowest BCUT2D eigenvalue weighted by Crippen LogP contribution is -2.65. The standard InChI is InChI=1S/C30H31NO11/c1-6-12-38-17-9-7-8-16(13-17)20(32)14-19-22(33)18-10-11-21(15(2)24(18)40-27(19)35)39-28-23(34)25(41-29(31)36)26(37-5)30(3,4)42-28/h1,7-11,13,23,25-26,28,33-34H,12,14H2,2-5H3,(H2,31,36)/t23-,25+,26-,28-/m1/s1. The van der Waals surface area contributed by atoms with Crippen molar-refractivity contribution in [1.29, 1.82) is 0 Å². The molecule has 2 heterocycles. The number of amides is 1. The van der Waals surface area contributed by atoms with E-state index in [2.05, 4.69) is 5.92 Å². The summed E-state index contributed by atoms with van der Waals surface area (Å²) < 4.78 is 33.2. The predicted octanol–water partition coefficient (Wildman–Crippen LogP) is 2.60. The second-order valence-corrected chi connectivity index (χ2v) is 10.2. The van der Waals surface area contributed by atoms with E-state index in [1.807, 2.05) is 0 Å². The molecule has 0 unspecified atom stereocenters. The Morgan fingerprint density at radius 1 is 1.21 bits per heavy atom. The molecule has 0 spiro atoms. The maximum Gasteiger partial charge on any atom is 0.404 e. The van der Waals surface area contributed by atoms with Gasteiger partial charge in [0.25, 0.3) is 0 Å². The van der Waals surface area contributed by atoms with Crippen LogP contribution in [0.5, 0.6) is 17.2 Å². The molecule has 3 aromatic rings. The molecule has 4 atom stereocenters. The third kappa shape index (κ3) is 6.03. The van der Waals surface area contributed by atoms with Crippen LogP contribution in [0.3, 0.4) is 0 Å². The molecule has 0 aliphatic carbocycles. The van der Waals surface area contributed by atoms with Crippen LogP contribution in [0.1, 0.15) is 35.3 Å². The van der Waals surface area contributed by atoms with E-state index in [9.17, 15) is 24.6 Å². The van der Waals surface area contributed by atoms with Crippen molar-refractivity contribution >= 4 is 22.8 Å². The zero-order valence-electron chi connectivity index (χ0n) is 23.4. The number of aryl methyl sites for hydroxylation is 1. The Bertz CT molecular complexity index is 1600. The quantitative estimate of drug-likeness (QED) is 0.192. The Morgan fingerprint density at radius 3 is 2.62 bits per heavy atom. The summed E-state index contributed by atoms with van der Waals surface area (Å²) >= 11 is 0. The van der Waals surface area contributed by atoms with Gasteiger partial charge in [-0.2, -0.15) is 0 Å². The Labute approximate surface area is 240 Å². The molecule has 42 heavy (non-hydrogen) atoms. The molecule has 0 bridgehead atoms. The van der Waals surface area contributed by atoms with Gasteiger partial charge in [-0.1, -0.05) is 18.1 Å². The number of primary amides is 1. The summed E-state index contributed by atoms with van der Waals surface area (Å²) in [6, 6.07) is 9.20. The van der Waals surface area contributed by atoms with E-state index in [1.54, 1.807) is 39.0 Å². The Kier molecular flexibility index (Phi) is 8.77. The highest BCUT2D eigenvalue weighted by Crippen LogP contribution is 2.37. The number of terminal acetylenes is 1. The summed E-state index contributed by atoms with van der Waals surface area (Å²) in [6.45, 7) is 4.92. The molecular weight excluding hydrogens is 550 g/mol. The number of ether oxygens (including phenoxy) is 5. The fourth-order valence-corrected chi connectivity index (χ4v) is 4.90. The maximum atomic E-state index is 13.0. The number of benzene rings is 2. The summed E-state index contributed by atoms with van der Waals surface area (Å²) in [6.07, 6.45) is -1.27. The molecule has 0 saturated carbocycles. The highest BCUT2D eigenvalue weighted by Gasteiger charge is 2.53. The minimum absolute atomic E-state index is 0.000134. The van der Waals surface area contributed by atoms with E-state index in [0.29, 0.717) is 11.3 Å². The third-order valence-electron chi connectivity index (χ3n) is 6.92. The minimum atomic E-state index is -1.50. The molecule has 1 fully saturated rings. The van der Waals surface area contributed by atoms with Gasteiger partial charge < -0.3 is 44.0 Å². The topological polar surface area (TPSA) is 177 Å². The van der Waals surface area contributed by atoms with Gasteiger partial charge in [0.15, 0.2) is 18.0 Å². The SMILES string of the molecule is C#CCOc1cccc(C(=O)Cc2c(O)c3ccc(O[C@@H]4OC(C)(C)[C@H](OC)[C@@H](OC(N)=O)[C@H]4O)c(C)c3oc2=O)c1. The number of methoxy groups -OCH3 is 1. The average molecular weight is 582 g/mol. The molecule has 1 saturated heterocycles. The summed E-state index contributed by atoms with van der Waals surface area (Å²) in [5, 5.41) is 22.1.